The minimum atomic E-state index is -1.11. The minimum absolute atomic E-state index is 0.130. The molecule has 1 fully saturated rings. The van der Waals surface area contributed by atoms with Crippen LogP contribution >= 0.6 is 15.9 Å². The molecular formula is C23H24BrN5O3. The van der Waals surface area contributed by atoms with Crippen LogP contribution in [0.15, 0.2) is 65.4 Å². The first-order valence-corrected chi connectivity index (χ1v) is 11.3. The van der Waals surface area contributed by atoms with Gasteiger partial charge < -0.3 is 14.8 Å². The maximum Gasteiger partial charge on any atom is 0.257 e. The molecule has 1 aromatic heterocycles. The summed E-state index contributed by atoms with van der Waals surface area (Å²) in [5.41, 5.74) is 1.96. The molecule has 32 heavy (non-hydrogen) atoms. The van der Waals surface area contributed by atoms with E-state index in [1.54, 1.807) is 29.4 Å². The molecule has 0 bridgehead atoms. The number of carbonyl (C=O) groups is 2. The Morgan fingerprint density at radius 1 is 1.12 bits per heavy atom. The molecule has 0 aliphatic carbocycles. The highest BCUT2D eigenvalue weighted by atomic mass is 79.9. The summed E-state index contributed by atoms with van der Waals surface area (Å²) in [4.78, 5) is 29.1. The predicted octanol–water partition coefficient (Wildman–Crippen LogP) is 2.62. The van der Waals surface area contributed by atoms with Crippen molar-refractivity contribution >= 4 is 27.9 Å². The number of aromatic nitrogens is 3. The highest BCUT2D eigenvalue weighted by Gasteiger charge is 2.38. The first-order valence-electron chi connectivity index (χ1n) is 10.5. The van der Waals surface area contributed by atoms with E-state index < -0.39 is 6.09 Å². The normalized spacial score (nSPS) is 21.2. The van der Waals surface area contributed by atoms with Crippen LogP contribution in [-0.4, -0.2) is 62.1 Å². The van der Waals surface area contributed by atoms with Crippen molar-refractivity contribution in [1.29, 1.82) is 0 Å². The van der Waals surface area contributed by atoms with Gasteiger partial charge in [0.25, 0.3) is 12.0 Å². The molecule has 1 aliphatic heterocycles. The van der Waals surface area contributed by atoms with Crippen molar-refractivity contribution in [2.75, 3.05) is 19.6 Å². The fourth-order valence-corrected chi connectivity index (χ4v) is 4.57. The third-order valence-corrected chi connectivity index (χ3v) is 6.57. The van der Waals surface area contributed by atoms with E-state index in [1.165, 1.54) is 4.80 Å². The summed E-state index contributed by atoms with van der Waals surface area (Å²) >= 11 is 3.45. The average molecular weight is 498 g/mol. The Morgan fingerprint density at radius 3 is 2.53 bits per heavy atom. The highest BCUT2D eigenvalue weighted by molar-refractivity contribution is 9.10. The number of quaternary nitrogens is 1. The number of hydrogen-bond acceptors (Lipinski definition) is 5. The predicted molar refractivity (Wildman–Crippen MR) is 120 cm³/mol. The van der Waals surface area contributed by atoms with E-state index in [1.807, 2.05) is 43.3 Å². The van der Waals surface area contributed by atoms with Crippen molar-refractivity contribution in [3.63, 3.8) is 0 Å². The van der Waals surface area contributed by atoms with Crippen LogP contribution in [-0.2, 0) is 6.54 Å². The van der Waals surface area contributed by atoms with E-state index >= 15 is 0 Å². The van der Waals surface area contributed by atoms with Gasteiger partial charge in [0, 0.05) is 22.5 Å². The number of amides is 2. The van der Waals surface area contributed by atoms with Gasteiger partial charge in [-0.05, 0) is 25.1 Å². The first kappa shape index (κ1) is 22.2. The molecule has 9 heteroatoms. The standard InChI is InChI=1S/C23H24BrN5O3/c1-17-9-13-29(23(31)32,16-18-5-3-2-4-6-18)14-12-27(17)22(30)20-15-19(24)7-8-21(20)28-25-10-11-26-28/h2-8,10-11,15,17H,9,12-14,16H2,1H3/t17-,29?/m1/s1. The van der Waals surface area contributed by atoms with Crippen molar-refractivity contribution in [3.05, 3.63) is 76.5 Å². The van der Waals surface area contributed by atoms with Crippen LogP contribution < -0.4 is 5.11 Å². The van der Waals surface area contributed by atoms with Crippen LogP contribution in [0.2, 0.25) is 0 Å². The molecule has 8 nitrogen and oxygen atoms in total. The molecule has 0 N–H and O–H groups in total. The number of halogens is 1. The zero-order valence-electron chi connectivity index (χ0n) is 17.7. The summed E-state index contributed by atoms with van der Waals surface area (Å²) < 4.78 is 0.563. The van der Waals surface area contributed by atoms with Gasteiger partial charge in [-0.1, -0.05) is 46.3 Å². The zero-order chi connectivity index (χ0) is 22.7. The molecule has 1 saturated heterocycles. The second-order valence-corrected chi connectivity index (χ2v) is 9.03. The van der Waals surface area contributed by atoms with Crippen LogP contribution in [0.1, 0.15) is 29.3 Å². The smallest absolute Gasteiger partial charge is 0.257 e. The van der Waals surface area contributed by atoms with Crippen LogP contribution in [0.25, 0.3) is 5.69 Å². The first-order chi connectivity index (χ1) is 15.4. The van der Waals surface area contributed by atoms with E-state index in [2.05, 4.69) is 26.1 Å². The summed E-state index contributed by atoms with van der Waals surface area (Å²) in [6, 6.07) is 14.8. The molecule has 166 valence electrons. The number of benzene rings is 2. The van der Waals surface area contributed by atoms with Gasteiger partial charge in [-0.25, -0.2) is 0 Å². The van der Waals surface area contributed by atoms with E-state index in [9.17, 15) is 14.7 Å². The minimum Gasteiger partial charge on any atom is -0.498 e. The number of nitrogens with zero attached hydrogens (tertiary/aromatic N) is 5. The Kier molecular flexibility index (Phi) is 6.38. The molecular weight excluding hydrogens is 474 g/mol. The molecule has 2 atom stereocenters. The van der Waals surface area contributed by atoms with Crippen molar-refractivity contribution < 1.29 is 19.2 Å². The second kappa shape index (κ2) is 9.22. The second-order valence-electron chi connectivity index (χ2n) is 8.12. The maximum atomic E-state index is 13.6. The molecule has 1 unspecified atom stereocenters. The Morgan fingerprint density at radius 2 is 1.84 bits per heavy atom. The quantitative estimate of drug-likeness (QED) is 0.516. The number of hydrogen-bond donors (Lipinski definition) is 0. The van der Waals surface area contributed by atoms with Gasteiger partial charge in [-0.15, -0.1) is 0 Å². The molecule has 3 aromatic rings. The van der Waals surface area contributed by atoms with Crippen molar-refractivity contribution in [2.24, 2.45) is 0 Å². The lowest BCUT2D eigenvalue weighted by atomic mass is 10.1. The molecule has 2 heterocycles. The molecule has 0 spiro atoms. The van der Waals surface area contributed by atoms with Crippen LogP contribution in [0.5, 0.6) is 0 Å². The topological polar surface area (TPSA) is 91.2 Å². The van der Waals surface area contributed by atoms with Gasteiger partial charge in [0.15, 0.2) is 0 Å². The molecule has 1 aliphatic rings. The van der Waals surface area contributed by atoms with Gasteiger partial charge in [0.05, 0.1) is 36.7 Å². The summed E-state index contributed by atoms with van der Waals surface area (Å²) in [6.07, 6.45) is 2.55. The van der Waals surface area contributed by atoms with Gasteiger partial charge in [0.2, 0.25) is 0 Å². The molecule has 0 radical (unpaired) electrons. The Balaban J connectivity index is 1.63. The zero-order valence-corrected chi connectivity index (χ0v) is 19.3. The van der Waals surface area contributed by atoms with Crippen LogP contribution in [0.3, 0.4) is 0 Å². The Labute approximate surface area is 194 Å². The number of rotatable bonds is 4. The van der Waals surface area contributed by atoms with E-state index in [0.717, 1.165) is 10.0 Å². The fraction of sp³-hybridized carbons (Fsp3) is 0.304. The maximum absolute atomic E-state index is 13.6. The largest absolute Gasteiger partial charge is 0.498 e. The lowest BCUT2D eigenvalue weighted by Crippen LogP contribution is -2.59. The molecule has 2 aromatic carbocycles. The fourth-order valence-electron chi connectivity index (χ4n) is 4.21. The molecule has 0 saturated carbocycles. The van der Waals surface area contributed by atoms with Crippen molar-refractivity contribution in [2.45, 2.75) is 25.9 Å². The van der Waals surface area contributed by atoms with Crippen molar-refractivity contribution in [3.8, 4) is 5.69 Å². The van der Waals surface area contributed by atoms with E-state index in [0.29, 0.717) is 37.3 Å². The van der Waals surface area contributed by atoms with E-state index in [-0.39, 0.29) is 23.0 Å². The Hall–Kier alpha value is -3.04. The number of carbonyl (C=O) groups excluding carboxylic acids is 2. The molecule has 2 amide bonds. The summed E-state index contributed by atoms with van der Waals surface area (Å²) in [5.74, 6) is -0.177. The SMILES string of the molecule is C[C@@H]1CC[N+](Cc2ccccc2)(C(=O)[O-])CCN1C(=O)c1cc(Br)ccc1-n1nccn1. The van der Waals surface area contributed by atoms with Crippen LogP contribution in [0, 0.1) is 0 Å². The number of carboxylic acid groups (broad SMARTS) is 1. The van der Waals surface area contributed by atoms with Gasteiger partial charge in [0.1, 0.15) is 13.1 Å². The summed E-state index contributed by atoms with van der Waals surface area (Å²) in [5, 5.41) is 20.6. The highest BCUT2D eigenvalue weighted by Crippen LogP contribution is 2.26. The third kappa shape index (κ3) is 4.44. The van der Waals surface area contributed by atoms with Gasteiger partial charge in [-0.3, -0.25) is 9.28 Å². The average Bonchev–Trinajstić information content (AvgIpc) is 3.26. The summed E-state index contributed by atoms with van der Waals surface area (Å²) in [7, 11) is 0. The van der Waals surface area contributed by atoms with Crippen LogP contribution in [0.4, 0.5) is 4.79 Å². The Bertz CT molecular complexity index is 1110. The lowest BCUT2D eigenvalue weighted by molar-refractivity contribution is -0.887. The molecule has 4 rings (SSSR count). The van der Waals surface area contributed by atoms with Gasteiger partial charge in [-0.2, -0.15) is 15.0 Å². The summed E-state index contributed by atoms with van der Waals surface area (Å²) in [6.45, 7) is 3.26. The van der Waals surface area contributed by atoms with Crippen molar-refractivity contribution in [1.82, 2.24) is 19.9 Å². The third-order valence-electron chi connectivity index (χ3n) is 6.08. The lowest BCUT2D eigenvalue weighted by Gasteiger charge is -2.37. The monoisotopic (exact) mass is 497 g/mol. The van der Waals surface area contributed by atoms with E-state index in [4.69, 9.17) is 0 Å². The van der Waals surface area contributed by atoms with Gasteiger partial charge >= 0.3 is 0 Å².